The lowest BCUT2D eigenvalue weighted by Gasteiger charge is -2.20. The second kappa shape index (κ2) is 4.63. The number of fused-ring (bicyclic) bond motifs is 1. The Hall–Kier alpha value is -1.94. The van der Waals surface area contributed by atoms with E-state index >= 15 is 0 Å². The molecule has 0 unspecified atom stereocenters. The van der Waals surface area contributed by atoms with Gasteiger partial charge in [0, 0.05) is 16.5 Å². The molecule has 4 heteroatoms. The molecule has 0 aliphatic rings. The van der Waals surface area contributed by atoms with Crippen LogP contribution in [-0.2, 0) is 5.41 Å². The Morgan fingerprint density at radius 1 is 1.32 bits per heavy atom. The van der Waals surface area contributed by atoms with Gasteiger partial charge in [-0.2, -0.15) is 0 Å². The second-order valence-corrected chi connectivity index (χ2v) is 5.75. The van der Waals surface area contributed by atoms with E-state index in [0.717, 1.165) is 22.2 Å². The molecule has 2 aromatic rings. The van der Waals surface area contributed by atoms with E-state index in [2.05, 4.69) is 26.2 Å². The number of carbonyl (C=O) groups is 1. The molecule has 1 amide bonds. The smallest absolute Gasteiger partial charge is 0.265 e. The summed E-state index contributed by atoms with van der Waals surface area (Å²) in [6, 6.07) is 7.63. The number of nitrogens with zero attached hydrogens (tertiary/aromatic N) is 1. The van der Waals surface area contributed by atoms with Crippen LogP contribution in [0.3, 0.4) is 0 Å². The number of rotatable bonds is 1. The summed E-state index contributed by atoms with van der Waals surface area (Å²) >= 11 is 0. The molecule has 2 rings (SSSR count). The molecule has 0 bridgehead atoms. The Morgan fingerprint density at radius 3 is 2.58 bits per heavy atom. The van der Waals surface area contributed by atoms with E-state index in [1.54, 1.807) is 0 Å². The maximum Gasteiger partial charge on any atom is 0.265 e. The Bertz CT molecular complexity index is 642. The molecule has 100 valence electrons. The molecule has 0 saturated carbocycles. The molecule has 1 aromatic heterocycles. The monoisotopic (exact) mass is 257 g/mol. The first-order chi connectivity index (χ1) is 8.84. The van der Waals surface area contributed by atoms with Gasteiger partial charge in [-0.15, -0.1) is 0 Å². The topological polar surface area (TPSA) is 68.0 Å². The third kappa shape index (κ3) is 2.44. The normalized spacial score (nSPS) is 11.6. The number of nitrogen functional groups attached to an aromatic ring is 1. The van der Waals surface area contributed by atoms with Gasteiger partial charge in [-0.1, -0.05) is 39.0 Å². The fourth-order valence-corrected chi connectivity index (χ4v) is 2.04. The lowest BCUT2D eigenvalue weighted by Crippen LogP contribution is -2.30. The summed E-state index contributed by atoms with van der Waals surface area (Å²) in [6.07, 6.45) is 0. The number of hydrazine groups is 1. The zero-order valence-corrected chi connectivity index (χ0v) is 11.7. The number of pyridine rings is 1. The Kier molecular flexibility index (Phi) is 3.28. The quantitative estimate of drug-likeness (QED) is 0.468. The Labute approximate surface area is 113 Å². The van der Waals surface area contributed by atoms with Crippen molar-refractivity contribution in [2.45, 2.75) is 33.1 Å². The van der Waals surface area contributed by atoms with Crippen molar-refractivity contribution in [2.75, 3.05) is 0 Å². The van der Waals surface area contributed by atoms with Crippen molar-refractivity contribution < 1.29 is 4.79 Å². The van der Waals surface area contributed by atoms with Crippen molar-refractivity contribution in [1.82, 2.24) is 10.4 Å². The number of hydrogen-bond donors (Lipinski definition) is 2. The van der Waals surface area contributed by atoms with Crippen molar-refractivity contribution in [3.8, 4) is 0 Å². The Balaban J connectivity index is 2.84. The number of nitrogens with one attached hydrogen (secondary N) is 1. The number of aryl methyl sites for hydroxylation is 1. The van der Waals surface area contributed by atoms with Crippen LogP contribution in [0.1, 0.15) is 42.4 Å². The van der Waals surface area contributed by atoms with Crippen molar-refractivity contribution in [3.63, 3.8) is 0 Å². The van der Waals surface area contributed by atoms with Crippen molar-refractivity contribution in [1.29, 1.82) is 0 Å². The molecule has 0 fully saturated rings. The highest BCUT2D eigenvalue weighted by Gasteiger charge is 2.20. The molecule has 4 nitrogen and oxygen atoms in total. The average molecular weight is 257 g/mol. The predicted molar refractivity (Wildman–Crippen MR) is 76.8 cm³/mol. The van der Waals surface area contributed by atoms with Gasteiger partial charge in [0.2, 0.25) is 0 Å². The molecular weight excluding hydrogens is 238 g/mol. The molecule has 0 aliphatic carbocycles. The van der Waals surface area contributed by atoms with Gasteiger partial charge < -0.3 is 0 Å². The summed E-state index contributed by atoms with van der Waals surface area (Å²) in [5.41, 5.74) is 5.44. The first-order valence-electron chi connectivity index (χ1n) is 6.26. The van der Waals surface area contributed by atoms with Crippen LogP contribution >= 0.6 is 0 Å². The van der Waals surface area contributed by atoms with E-state index < -0.39 is 0 Å². The van der Waals surface area contributed by atoms with Gasteiger partial charge in [-0.05, 0) is 18.6 Å². The molecular formula is C15H19N3O. The molecule has 0 radical (unpaired) electrons. The van der Waals surface area contributed by atoms with Crippen LogP contribution in [0, 0.1) is 6.92 Å². The molecule has 1 aromatic carbocycles. The first-order valence-corrected chi connectivity index (χ1v) is 6.26. The number of aromatic nitrogens is 1. The van der Waals surface area contributed by atoms with Crippen LogP contribution in [0.2, 0.25) is 0 Å². The van der Waals surface area contributed by atoms with Gasteiger partial charge in [0.15, 0.2) is 0 Å². The van der Waals surface area contributed by atoms with Crippen LogP contribution in [0.5, 0.6) is 0 Å². The van der Waals surface area contributed by atoms with Crippen molar-refractivity contribution >= 4 is 16.8 Å². The van der Waals surface area contributed by atoms with Gasteiger partial charge in [0.1, 0.15) is 0 Å². The maximum atomic E-state index is 12.0. The minimum atomic E-state index is -0.288. The second-order valence-electron chi connectivity index (χ2n) is 5.75. The number of nitrogens with two attached hydrogens (primary N) is 1. The van der Waals surface area contributed by atoms with Crippen LogP contribution in [-0.4, -0.2) is 10.9 Å². The molecule has 0 aliphatic heterocycles. The summed E-state index contributed by atoms with van der Waals surface area (Å²) in [5, 5.41) is 0.830. The van der Waals surface area contributed by atoms with Gasteiger partial charge in [0.25, 0.3) is 5.91 Å². The number of hydrogen-bond acceptors (Lipinski definition) is 3. The van der Waals surface area contributed by atoms with E-state index in [4.69, 9.17) is 10.8 Å². The SMILES string of the molecule is Cc1cccc2c(C(=O)NN)cc(C(C)(C)C)nc12. The number of carbonyl (C=O) groups excluding carboxylic acids is 1. The minimum absolute atomic E-state index is 0.125. The van der Waals surface area contributed by atoms with E-state index in [0.29, 0.717) is 5.56 Å². The zero-order valence-electron chi connectivity index (χ0n) is 11.7. The summed E-state index contributed by atoms with van der Waals surface area (Å²) < 4.78 is 0. The van der Waals surface area contributed by atoms with Crippen LogP contribution < -0.4 is 11.3 Å². The number of para-hydroxylation sites is 1. The van der Waals surface area contributed by atoms with Crippen molar-refractivity contribution in [3.05, 3.63) is 41.1 Å². The predicted octanol–water partition coefficient (Wildman–Crippen LogP) is 2.44. The van der Waals surface area contributed by atoms with Crippen molar-refractivity contribution in [2.24, 2.45) is 5.84 Å². The van der Waals surface area contributed by atoms with Gasteiger partial charge in [-0.25, -0.2) is 5.84 Å². The maximum absolute atomic E-state index is 12.0. The lowest BCUT2D eigenvalue weighted by molar-refractivity contribution is 0.0955. The molecule has 19 heavy (non-hydrogen) atoms. The van der Waals surface area contributed by atoms with Gasteiger partial charge in [0.05, 0.1) is 11.1 Å². The van der Waals surface area contributed by atoms with Gasteiger partial charge in [-0.3, -0.25) is 15.2 Å². The third-order valence-corrected chi connectivity index (χ3v) is 3.19. The lowest BCUT2D eigenvalue weighted by atomic mass is 9.89. The standard InChI is InChI=1S/C15H19N3O/c1-9-6-5-7-10-11(14(19)18-16)8-12(15(2,3)4)17-13(9)10/h5-8H,16H2,1-4H3,(H,18,19). The average Bonchev–Trinajstić information content (AvgIpc) is 2.36. The van der Waals surface area contributed by atoms with E-state index in [1.165, 1.54) is 0 Å². The van der Waals surface area contributed by atoms with Crippen LogP contribution in [0.25, 0.3) is 10.9 Å². The first kappa shape index (κ1) is 13.5. The minimum Gasteiger partial charge on any atom is -0.290 e. The zero-order chi connectivity index (χ0) is 14.2. The highest BCUT2D eigenvalue weighted by atomic mass is 16.2. The molecule has 0 saturated heterocycles. The van der Waals surface area contributed by atoms with Crippen LogP contribution in [0.4, 0.5) is 0 Å². The summed E-state index contributed by atoms with van der Waals surface area (Å²) in [5.74, 6) is 4.98. The van der Waals surface area contributed by atoms with E-state index in [9.17, 15) is 4.79 Å². The fraction of sp³-hybridized carbons (Fsp3) is 0.333. The number of amides is 1. The van der Waals surface area contributed by atoms with Gasteiger partial charge >= 0.3 is 0 Å². The van der Waals surface area contributed by atoms with E-state index in [-0.39, 0.29) is 11.3 Å². The highest BCUT2D eigenvalue weighted by Crippen LogP contribution is 2.27. The highest BCUT2D eigenvalue weighted by molar-refractivity contribution is 6.06. The van der Waals surface area contributed by atoms with Crippen LogP contribution in [0.15, 0.2) is 24.3 Å². The summed E-state index contributed by atoms with van der Waals surface area (Å²) in [6.45, 7) is 8.21. The molecule has 0 atom stereocenters. The third-order valence-electron chi connectivity index (χ3n) is 3.19. The molecule has 1 heterocycles. The van der Waals surface area contributed by atoms with E-state index in [1.807, 2.05) is 31.2 Å². The molecule has 3 N–H and O–H groups in total. The molecule has 0 spiro atoms. The number of benzene rings is 1. The summed E-state index contributed by atoms with van der Waals surface area (Å²) in [7, 11) is 0. The summed E-state index contributed by atoms with van der Waals surface area (Å²) in [4.78, 5) is 16.7. The fourth-order valence-electron chi connectivity index (χ4n) is 2.04. The Morgan fingerprint density at radius 2 is 2.00 bits per heavy atom. The largest absolute Gasteiger partial charge is 0.290 e.